The Morgan fingerprint density at radius 3 is 2.48 bits per heavy atom. The van der Waals surface area contributed by atoms with Gasteiger partial charge >= 0.3 is 0 Å². The molecule has 1 fully saturated rings. The topological polar surface area (TPSA) is 36.3 Å². The van der Waals surface area contributed by atoms with Crippen LogP contribution in [0.3, 0.4) is 0 Å². The normalized spacial score (nSPS) is 20.9. The lowest BCUT2D eigenvalue weighted by molar-refractivity contribution is -0.180. The number of aromatic nitrogens is 2. The molecule has 4 rings (SSSR count). The van der Waals surface area contributed by atoms with Gasteiger partial charge in [0, 0.05) is 30.3 Å². The van der Waals surface area contributed by atoms with E-state index >= 15 is 0 Å². The van der Waals surface area contributed by atoms with Gasteiger partial charge in [-0.05, 0) is 40.7 Å². The van der Waals surface area contributed by atoms with Crippen LogP contribution in [-0.2, 0) is 33.6 Å². The van der Waals surface area contributed by atoms with Gasteiger partial charge in [0.15, 0.2) is 5.79 Å². The van der Waals surface area contributed by atoms with Crippen molar-refractivity contribution in [3.8, 4) is 0 Å². The summed E-state index contributed by atoms with van der Waals surface area (Å²) >= 11 is 1.88. The van der Waals surface area contributed by atoms with Gasteiger partial charge in [0.25, 0.3) is 0 Å². The molecule has 2 aromatic carbocycles. The number of imidazole rings is 1. The van der Waals surface area contributed by atoms with Crippen molar-refractivity contribution in [3.63, 3.8) is 0 Å². The van der Waals surface area contributed by atoms with E-state index in [0.717, 1.165) is 23.5 Å². The molecule has 4 nitrogen and oxygen atoms in total. The van der Waals surface area contributed by atoms with Crippen molar-refractivity contribution in [2.75, 3.05) is 12.4 Å². The second kappa shape index (κ2) is 10.4. The summed E-state index contributed by atoms with van der Waals surface area (Å²) in [5, 5.41) is 0. The van der Waals surface area contributed by atoms with Crippen LogP contribution in [0.1, 0.15) is 43.9 Å². The van der Waals surface area contributed by atoms with Gasteiger partial charge in [-0.3, -0.25) is 0 Å². The largest absolute Gasteiger partial charge is 0.345 e. The molecule has 3 aromatic rings. The molecule has 2 heterocycles. The number of thioether (sulfide) groups is 1. The predicted octanol–water partition coefficient (Wildman–Crippen LogP) is 6.00. The Morgan fingerprint density at radius 1 is 1.09 bits per heavy atom. The molecule has 1 aliphatic rings. The number of ether oxygens (including phenoxy) is 2. The number of rotatable bonds is 9. The number of aryl methyl sites for hydroxylation is 1. The first-order valence-electron chi connectivity index (χ1n) is 11.5. The van der Waals surface area contributed by atoms with Crippen LogP contribution in [0, 0.1) is 5.82 Å². The Kier molecular flexibility index (Phi) is 7.57. The minimum atomic E-state index is -0.700. The van der Waals surface area contributed by atoms with Gasteiger partial charge in [-0.2, -0.15) is 11.8 Å². The van der Waals surface area contributed by atoms with E-state index in [1.807, 2.05) is 34.7 Å². The van der Waals surface area contributed by atoms with E-state index in [9.17, 15) is 4.39 Å². The molecule has 0 saturated carbocycles. The van der Waals surface area contributed by atoms with Crippen LogP contribution in [0.4, 0.5) is 4.39 Å². The van der Waals surface area contributed by atoms with Gasteiger partial charge in [0.2, 0.25) is 0 Å². The first kappa shape index (κ1) is 24.0. The smallest absolute Gasteiger partial charge is 0.187 e. The van der Waals surface area contributed by atoms with Gasteiger partial charge in [0.05, 0.1) is 25.6 Å². The second-order valence-corrected chi connectivity index (χ2v) is 10.8. The molecule has 1 aliphatic heterocycles. The highest BCUT2D eigenvalue weighted by atomic mass is 32.2. The van der Waals surface area contributed by atoms with Gasteiger partial charge in [-0.25, -0.2) is 9.37 Å². The van der Waals surface area contributed by atoms with Gasteiger partial charge < -0.3 is 14.0 Å². The van der Waals surface area contributed by atoms with E-state index in [1.165, 1.54) is 23.3 Å². The lowest BCUT2D eigenvalue weighted by Gasteiger charge is -2.28. The molecule has 1 saturated heterocycles. The Balaban J connectivity index is 1.33. The molecule has 0 amide bonds. The SMILES string of the molecule is CC(C)(C)c1ccc(CSCC2COC(CCc3ccc(F)cc3)(Cn3ccnc3)O2)cc1. The standard InChI is InChI=1S/C27H33FN2O2S/c1-26(2,3)23-8-4-22(5-9-23)17-33-18-25-16-31-27(32-25,19-30-15-14-29-20-30)13-12-21-6-10-24(28)11-7-21/h4-11,14-15,20,25H,12-13,16-19H2,1-3H3. The number of nitrogens with zero attached hydrogens (tertiary/aromatic N) is 2. The van der Waals surface area contributed by atoms with Crippen molar-refractivity contribution < 1.29 is 13.9 Å². The third-order valence-corrected chi connectivity index (χ3v) is 7.14. The molecular weight excluding hydrogens is 435 g/mol. The molecule has 0 radical (unpaired) electrons. The van der Waals surface area contributed by atoms with E-state index in [2.05, 4.69) is 50.0 Å². The first-order chi connectivity index (χ1) is 15.8. The van der Waals surface area contributed by atoms with Crippen molar-refractivity contribution >= 4 is 11.8 Å². The molecule has 0 bridgehead atoms. The highest BCUT2D eigenvalue weighted by Gasteiger charge is 2.41. The van der Waals surface area contributed by atoms with Crippen molar-refractivity contribution in [2.45, 2.75) is 63.2 Å². The fourth-order valence-corrected chi connectivity index (χ4v) is 5.02. The van der Waals surface area contributed by atoms with Crippen LogP contribution in [-0.4, -0.2) is 33.8 Å². The third kappa shape index (κ3) is 6.69. The Hall–Kier alpha value is -2.15. The summed E-state index contributed by atoms with van der Waals surface area (Å²) in [6.45, 7) is 7.87. The van der Waals surface area contributed by atoms with Crippen molar-refractivity contribution in [3.05, 3.63) is 89.8 Å². The lowest BCUT2D eigenvalue weighted by Crippen LogP contribution is -2.37. The fraction of sp³-hybridized carbons (Fsp3) is 0.444. The van der Waals surface area contributed by atoms with Crippen LogP contribution in [0.2, 0.25) is 0 Å². The maximum absolute atomic E-state index is 13.3. The average Bonchev–Trinajstić information content (AvgIpc) is 3.44. The van der Waals surface area contributed by atoms with E-state index < -0.39 is 5.79 Å². The molecule has 0 spiro atoms. The summed E-state index contributed by atoms with van der Waals surface area (Å²) in [6.07, 6.45) is 6.98. The summed E-state index contributed by atoms with van der Waals surface area (Å²) in [6, 6.07) is 15.6. The Bertz CT molecular complexity index is 1000. The molecule has 176 valence electrons. The van der Waals surface area contributed by atoms with Crippen LogP contribution < -0.4 is 0 Å². The summed E-state index contributed by atoms with van der Waals surface area (Å²) < 4.78 is 28.0. The molecule has 0 aliphatic carbocycles. The molecule has 2 atom stereocenters. The Morgan fingerprint density at radius 2 is 1.82 bits per heavy atom. The number of hydrogen-bond donors (Lipinski definition) is 0. The second-order valence-electron chi connectivity index (χ2n) is 9.79. The zero-order chi connectivity index (χ0) is 23.3. The van der Waals surface area contributed by atoms with Crippen LogP contribution in [0.25, 0.3) is 0 Å². The van der Waals surface area contributed by atoms with Gasteiger partial charge in [0.1, 0.15) is 5.82 Å². The van der Waals surface area contributed by atoms with Gasteiger partial charge in [-0.15, -0.1) is 0 Å². The summed E-state index contributed by atoms with van der Waals surface area (Å²) in [5.41, 5.74) is 3.93. The maximum atomic E-state index is 13.3. The monoisotopic (exact) mass is 468 g/mol. The third-order valence-electron chi connectivity index (χ3n) is 6.00. The quantitative estimate of drug-likeness (QED) is 0.386. The fourth-order valence-electron chi connectivity index (χ4n) is 4.05. The maximum Gasteiger partial charge on any atom is 0.187 e. The van der Waals surface area contributed by atoms with Crippen molar-refractivity contribution in [2.24, 2.45) is 0 Å². The highest BCUT2D eigenvalue weighted by Crippen LogP contribution is 2.33. The van der Waals surface area contributed by atoms with E-state index in [0.29, 0.717) is 19.6 Å². The molecular formula is C27H33FN2O2S. The zero-order valence-electron chi connectivity index (χ0n) is 19.7. The number of hydrogen-bond acceptors (Lipinski definition) is 4. The molecule has 1 aromatic heterocycles. The van der Waals surface area contributed by atoms with E-state index in [-0.39, 0.29) is 17.3 Å². The first-order valence-corrected chi connectivity index (χ1v) is 12.7. The van der Waals surface area contributed by atoms with Crippen molar-refractivity contribution in [1.29, 1.82) is 0 Å². The molecule has 6 heteroatoms. The number of benzene rings is 2. The zero-order valence-corrected chi connectivity index (χ0v) is 20.5. The average molecular weight is 469 g/mol. The highest BCUT2D eigenvalue weighted by molar-refractivity contribution is 7.98. The van der Waals surface area contributed by atoms with Crippen LogP contribution in [0.15, 0.2) is 67.3 Å². The Labute approximate surface area is 200 Å². The minimum Gasteiger partial charge on any atom is -0.345 e. The van der Waals surface area contributed by atoms with Crippen LogP contribution >= 0.6 is 11.8 Å². The summed E-state index contributed by atoms with van der Waals surface area (Å²) in [7, 11) is 0. The molecule has 0 N–H and O–H groups in total. The van der Waals surface area contributed by atoms with E-state index in [1.54, 1.807) is 12.5 Å². The molecule has 2 unspecified atom stereocenters. The lowest BCUT2D eigenvalue weighted by atomic mass is 9.87. The van der Waals surface area contributed by atoms with Crippen molar-refractivity contribution in [1.82, 2.24) is 9.55 Å². The van der Waals surface area contributed by atoms with E-state index in [4.69, 9.17) is 9.47 Å². The predicted molar refractivity (Wildman–Crippen MR) is 132 cm³/mol. The summed E-state index contributed by atoms with van der Waals surface area (Å²) in [4.78, 5) is 4.15. The van der Waals surface area contributed by atoms with Gasteiger partial charge in [-0.1, -0.05) is 57.2 Å². The summed E-state index contributed by atoms with van der Waals surface area (Å²) in [5.74, 6) is 0.914. The minimum absolute atomic E-state index is 0.0422. The number of halogens is 1. The van der Waals surface area contributed by atoms with Crippen LogP contribution in [0.5, 0.6) is 0 Å². The molecule has 33 heavy (non-hydrogen) atoms.